The SMILES string of the molecule is Cc1nn2cccnc2c1C(=O)NC(C)c1cc2cccc(C#Cc3cnn(S(=O)(=O)CN)c3)c2c(=O)n1-c1ccccc1. The van der Waals surface area contributed by atoms with Gasteiger partial charge in [-0.05, 0) is 49.6 Å². The van der Waals surface area contributed by atoms with Gasteiger partial charge < -0.3 is 11.1 Å². The largest absolute Gasteiger partial charge is 0.344 e. The number of aryl methyl sites for hydroxylation is 1. The minimum absolute atomic E-state index is 0.329. The van der Waals surface area contributed by atoms with Crippen LogP contribution in [0.2, 0.25) is 0 Å². The molecule has 0 saturated heterocycles. The Balaban J connectivity index is 1.45. The molecular formula is C31H26N8O4S. The van der Waals surface area contributed by atoms with E-state index < -0.39 is 21.9 Å². The van der Waals surface area contributed by atoms with Crippen LogP contribution in [-0.4, -0.2) is 48.6 Å². The third kappa shape index (κ3) is 5.13. The number of nitrogens with zero attached hydrogens (tertiary/aromatic N) is 6. The second-order valence-corrected chi connectivity index (χ2v) is 11.9. The average molecular weight is 607 g/mol. The number of nitrogens with two attached hydrogens (primary N) is 1. The molecule has 1 unspecified atom stereocenters. The van der Waals surface area contributed by atoms with Crippen molar-refractivity contribution in [1.82, 2.24) is 33.7 Å². The zero-order valence-electron chi connectivity index (χ0n) is 23.7. The van der Waals surface area contributed by atoms with Gasteiger partial charge >= 0.3 is 0 Å². The van der Waals surface area contributed by atoms with Crippen molar-refractivity contribution in [2.45, 2.75) is 19.9 Å². The summed E-state index contributed by atoms with van der Waals surface area (Å²) in [5, 5.41) is 12.2. The molecule has 1 atom stereocenters. The number of benzene rings is 2. The summed E-state index contributed by atoms with van der Waals surface area (Å²) in [4.78, 5) is 32.1. The van der Waals surface area contributed by atoms with Gasteiger partial charge in [0, 0.05) is 29.3 Å². The minimum Gasteiger partial charge on any atom is -0.344 e. The molecule has 1 amide bonds. The van der Waals surface area contributed by atoms with Crippen LogP contribution in [0.15, 0.2) is 90.2 Å². The van der Waals surface area contributed by atoms with Crippen LogP contribution in [0.3, 0.4) is 0 Å². The molecule has 4 heterocycles. The zero-order valence-corrected chi connectivity index (χ0v) is 24.5. The lowest BCUT2D eigenvalue weighted by molar-refractivity contribution is 0.0939. The first kappa shape index (κ1) is 28.5. The van der Waals surface area contributed by atoms with Crippen molar-refractivity contribution in [3.05, 3.63) is 124 Å². The van der Waals surface area contributed by atoms with Crippen LogP contribution < -0.4 is 16.6 Å². The van der Waals surface area contributed by atoms with Crippen LogP contribution in [-0.2, 0) is 10.0 Å². The Kier molecular flexibility index (Phi) is 7.30. The second-order valence-electron chi connectivity index (χ2n) is 9.99. The summed E-state index contributed by atoms with van der Waals surface area (Å²) in [5.41, 5.74) is 8.26. The van der Waals surface area contributed by atoms with E-state index in [2.05, 4.69) is 32.3 Å². The lowest BCUT2D eigenvalue weighted by atomic mass is 10.0. The van der Waals surface area contributed by atoms with Crippen LogP contribution in [0.25, 0.3) is 22.1 Å². The molecule has 44 heavy (non-hydrogen) atoms. The number of carbonyl (C=O) groups excluding carboxylic acids is 1. The maximum absolute atomic E-state index is 14.3. The third-order valence-electron chi connectivity index (χ3n) is 7.08. The maximum atomic E-state index is 14.3. The Morgan fingerprint density at radius 2 is 1.89 bits per heavy atom. The van der Waals surface area contributed by atoms with Gasteiger partial charge in [-0.1, -0.05) is 42.2 Å². The number of carbonyl (C=O) groups is 1. The smallest absolute Gasteiger partial charge is 0.266 e. The third-order valence-corrected chi connectivity index (χ3v) is 8.27. The van der Waals surface area contributed by atoms with E-state index >= 15 is 0 Å². The molecule has 0 aliphatic carbocycles. The lowest BCUT2D eigenvalue weighted by Gasteiger charge is -2.21. The number of nitrogens with one attached hydrogen (secondary N) is 1. The minimum atomic E-state index is -3.76. The molecule has 0 radical (unpaired) electrons. The van der Waals surface area contributed by atoms with E-state index in [1.54, 1.807) is 52.7 Å². The maximum Gasteiger partial charge on any atom is 0.266 e. The Hall–Kier alpha value is -5.58. The van der Waals surface area contributed by atoms with E-state index in [4.69, 9.17) is 5.73 Å². The fourth-order valence-electron chi connectivity index (χ4n) is 4.99. The number of rotatable bonds is 6. The van der Waals surface area contributed by atoms with Crippen molar-refractivity contribution in [2.75, 3.05) is 5.88 Å². The van der Waals surface area contributed by atoms with Gasteiger partial charge in [0.15, 0.2) is 5.65 Å². The van der Waals surface area contributed by atoms with Gasteiger partial charge in [-0.25, -0.2) is 17.9 Å². The number of pyridine rings is 1. The van der Waals surface area contributed by atoms with Crippen LogP contribution in [0, 0.1) is 18.8 Å². The molecule has 12 nitrogen and oxygen atoms in total. The van der Waals surface area contributed by atoms with Gasteiger partial charge in [0.2, 0.25) is 0 Å². The molecule has 0 fully saturated rings. The standard InChI is InChI=1S/C31H26N8O4S/c1-20(35-30(40)27-21(2)36-37-15-7-14-33-29(27)37)26-16-24-9-6-8-23(13-12-22-17-34-38(18-22)44(42,43)19-32)28(24)31(41)39(26)25-10-4-3-5-11-25/h3-11,14-18,20H,19,32H2,1-2H3,(H,35,40). The first-order chi connectivity index (χ1) is 21.2. The van der Waals surface area contributed by atoms with Crippen molar-refractivity contribution >= 4 is 32.4 Å². The molecule has 3 N–H and O–H groups in total. The Morgan fingerprint density at radius 1 is 1.09 bits per heavy atom. The van der Waals surface area contributed by atoms with Gasteiger partial charge in [-0.15, -0.1) is 0 Å². The summed E-state index contributed by atoms with van der Waals surface area (Å²) in [6.45, 7) is 3.55. The van der Waals surface area contributed by atoms with Crippen molar-refractivity contribution in [3.8, 4) is 17.5 Å². The molecule has 0 aliphatic rings. The molecular weight excluding hydrogens is 580 g/mol. The van der Waals surface area contributed by atoms with Gasteiger partial charge in [-0.2, -0.15) is 14.3 Å². The topological polar surface area (TPSA) is 159 Å². The molecule has 220 valence electrons. The summed E-state index contributed by atoms with van der Waals surface area (Å²) in [6.07, 6.45) is 5.91. The van der Waals surface area contributed by atoms with Crippen LogP contribution in [0.5, 0.6) is 0 Å². The molecule has 2 aromatic carbocycles. The fourth-order valence-corrected chi connectivity index (χ4v) is 5.61. The van der Waals surface area contributed by atoms with Gasteiger partial charge in [0.25, 0.3) is 21.5 Å². The average Bonchev–Trinajstić information content (AvgIpc) is 3.64. The number of hydrogen-bond donors (Lipinski definition) is 2. The normalized spacial score (nSPS) is 12.2. The van der Waals surface area contributed by atoms with Gasteiger partial charge in [0.05, 0.1) is 35.1 Å². The number of fused-ring (bicyclic) bond motifs is 2. The zero-order chi connectivity index (χ0) is 31.0. The van der Waals surface area contributed by atoms with Crippen LogP contribution in [0.4, 0.5) is 0 Å². The number of aromatic nitrogens is 6. The molecule has 0 saturated carbocycles. The molecule has 13 heteroatoms. The van der Waals surface area contributed by atoms with Crippen LogP contribution in [0.1, 0.15) is 45.8 Å². The number of amides is 1. The predicted molar refractivity (Wildman–Crippen MR) is 165 cm³/mol. The number of para-hydroxylation sites is 1. The van der Waals surface area contributed by atoms with Crippen molar-refractivity contribution < 1.29 is 13.2 Å². The molecule has 6 aromatic rings. The van der Waals surface area contributed by atoms with Gasteiger partial charge in [-0.3, -0.25) is 14.2 Å². The van der Waals surface area contributed by atoms with Gasteiger partial charge in [0.1, 0.15) is 11.4 Å². The van der Waals surface area contributed by atoms with E-state index in [0.717, 1.165) is 4.09 Å². The Bertz CT molecular complexity index is 2290. The van der Waals surface area contributed by atoms with Crippen molar-refractivity contribution in [2.24, 2.45) is 5.73 Å². The number of hydrogen-bond acceptors (Lipinski definition) is 8. The molecule has 0 aliphatic heterocycles. The summed E-state index contributed by atoms with van der Waals surface area (Å²) >= 11 is 0. The highest BCUT2D eigenvalue weighted by molar-refractivity contribution is 7.89. The molecule has 6 rings (SSSR count). The summed E-state index contributed by atoms with van der Waals surface area (Å²) in [7, 11) is -3.76. The summed E-state index contributed by atoms with van der Waals surface area (Å²) in [5.74, 6) is 4.93. The Morgan fingerprint density at radius 3 is 2.66 bits per heavy atom. The predicted octanol–water partition coefficient (Wildman–Crippen LogP) is 2.52. The highest BCUT2D eigenvalue weighted by Gasteiger charge is 2.23. The van der Waals surface area contributed by atoms with E-state index in [1.165, 1.54) is 12.4 Å². The Labute approximate surface area is 251 Å². The first-order valence-electron chi connectivity index (χ1n) is 13.5. The quantitative estimate of drug-likeness (QED) is 0.274. The summed E-state index contributed by atoms with van der Waals surface area (Å²) in [6, 6.07) is 17.4. The van der Waals surface area contributed by atoms with Crippen molar-refractivity contribution in [1.29, 1.82) is 0 Å². The summed E-state index contributed by atoms with van der Waals surface area (Å²) < 4.78 is 27.9. The molecule has 0 spiro atoms. The van der Waals surface area contributed by atoms with Crippen molar-refractivity contribution in [3.63, 3.8) is 0 Å². The molecule has 4 aromatic heterocycles. The second kappa shape index (κ2) is 11.3. The van der Waals surface area contributed by atoms with E-state index in [0.29, 0.717) is 50.2 Å². The highest BCUT2D eigenvalue weighted by Crippen LogP contribution is 2.24. The lowest BCUT2D eigenvalue weighted by Crippen LogP contribution is -2.32. The van der Waals surface area contributed by atoms with Crippen LogP contribution >= 0.6 is 0 Å². The first-order valence-corrected chi connectivity index (χ1v) is 15.1. The van der Waals surface area contributed by atoms with E-state index in [-0.39, 0.29) is 11.5 Å². The van der Waals surface area contributed by atoms with E-state index in [9.17, 15) is 18.0 Å². The highest BCUT2D eigenvalue weighted by atomic mass is 32.2. The van der Waals surface area contributed by atoms with E-state index in [1.807, 2.05) is 43.3 Å². The molecule has 0 bridgehead atoms. The monoisotopic (exact) mass is 606 g/mol. The fraction of sp³-hybridized carbons (Fsp3) is 0.129.